The maximum absolute atomic E-state index is 11.7. The second kappa shape index (κ2) is 7.29. The second-order valence-electron chi connectivity index (χ2n) is 3.47. The minimum absolute atomic E-state index is 0.193. The molecule has 0 aliphatic carbocycles. The summed E-state index contributed by atoms with van der Waals surface area (Å²) >= 11 is 5.95. The van der Waals surface area contributed by atoms with Gasteiger partial charge in [-0.25, -0.2) is 4.68 Å². The maximum Gasteiger partial charge on any atom is 0.287 e. The molecule has 0 aliphatic rings. The first-order valence-electron chi connectivity index (χ1n) is 5.77. The molecule has 0 radical (unpaired) electrons. The summed E-state index contributed by atoms with van der Waals surface area (Å²) in [6, 6.07) is 0. The molecule has 0 saturated carbocycles. The molecule has 1 N–H and O–H groups in total. The predicted molar refractivity (Wildman–Crippen MR) is 68.8 cm³/mol. The molecular weight excluding hydrogens is 242 g/mol. The van der Waals surface area contributed by atoms with Gasteiger partial charge in [0.25, 0.3) is 5.56 Å². The van der Waals surface area contributed by atoms with Crippen LogP contribution in [-0.4, -0.2) is 29.5 Å². The molecule has 0 spiro atoms. The molecular formula is C11H18ClN3O2. The van der Waals surface area contributed by atoms with Gasteiger partial charge < -0.3 is 10.1 Å². The van der Waals surface area contributed by atoms with Crippen LogP contribution in [0, 0.1) is 0 Å². The number of aryl methyl sites for hydroxylation is 1. The van der Waals surface area contributed by atoms with Gasteiger partial charge in [0.15, 0.2) is 0 Å². The highest BCUT2D eigenvalue weighted by molar-refractivity contribution is 6.32. The summed E-state index contributed by atoms with van der Waals surface area (Å²) in [4.78, 5) is 11.7. The second-order valence-corrected chi connectivity index (χ2v) is 3.85. The van der Waals surface area contributed by atoms with Crippen LogP contribution in [0.3, 0.4) is 0 Å². The molecule has 0 fully saturated rings. The van der Waals surface area contributed by atoms with Crippen molar-refractivity contribution in [3.63, 3.8) is 0 Å². The highest BCUT2D eigenvalue weighted by Gasteiger charge is 2.07. The van der Waals surface area contributed by atoms with E-state index in [0.29, 0.717) is 25.4 Å². The quantitative estimate of drug-likeness (QED) is 0.758. The van der Waals surface area contributed by atoms with Crippen LogP contribution < -0.4 is 10.9 Å². The normalized spacial score (nSPS) is 10.5. The molecule has 0 bridgehead atoms. The highest BCUT2D eigenvalue weighted by Crippen LogP contribution is 2.14. The number of rotatable bonds is 7. The van der Waals surface area contributed by atoms with Crippen LogP contribution >= 0.6 is 11.6 Å². The minimum Gasteiger partial charge on any atom is -0.382 e. The fraction of sp³-hybridized carbons (Fsp3) is 0.636. The van der Waals surface area contributed by atoms with E-state index in [1.165, 1.54) is 4.68 Å². The third kappa shape index (κ3) is 4.02. The first-order chi connectivity index (χ1) is 8.20. The van der Waals surface area contributed by atoms with Crippen LogP contribution in [0.2, 0.25) is 5.02 Å². The molecule has 1 aromatic heterocycles. The number of hydrogen-bond donors (Lipinski definition) is 1. The van der Waals surface area contributed by atoms with Crippen molar-refractivity contribution < 1.29 is 4.74 Å². The lowest BCUT2D eigenvalue weighted by Gasteiger charge is -2.09. The summed E-state index contributed by atoms with van der Waals surface area (Å²) in [5.41, 5.74) is 0.321. The van der Waals surface area contributed by atoms with Gasteiger partial charge in [0, 0.05) is 26.3 Å². The number of hydrogen-bond acceptors (Lipinski definition) is 4. The Bertz CT molecular complexity index is 406. The van der Waals surface area contributed by atoms with Crippen molar-refractivity contribution in [3.05, 3.63) is 21.6 Å². The smallest absolute Gasteiger partial charge is 0.287 e. The van der Waals surface area contributed by atoms with E-state index in [0.717, 1.165) is 13.0 Å². The average molecular weight is 260 g/mol. The number of nitrogens with one attached hydrogen (secondary N) is 1. The van der Waals surface area contributed by atoms with Gasteiger partial charge >= 0.3 is 0 Å². The van der Waals surface area contributed by atoms with Gasteiger partial charge in [-0.2, -0.15) is 5.10 Å². The lowest BCUT2D eigenvalue weighted by Crippen LogP contribution is -2.23. The molecule has 0 aromatic carbocycles. The van der Waals surface area contributed by atoms with Crippen LogP contribution in [-0.2, 0) is 11.3 Å². The zero-order valence-corrected chi connectivity index (χ0v) is 11.0. The number of aromatic nitrogens is 2. The highest BCUT2D eigenvalue weighted by atomic mass is 35.5. The summed E-state index contributed by atoms with van der Waals surface area (Å²) in [5, 5.41) is 7.27. The largest absolute Gasteiger partial charge is 0.382 e. The topological polar surface area (TPSA) is 56.1 Å². The van der Waals surface area contributed by atoms with Gasteiger partial charge in [0.05, 0.1) is 11.9 Å². The van der Waals surface area contributed by atoms with Crippen molar-refractivity contribution in [2.45, 2.75) is 26.8 Å². The van der Waals surface area contributed by atoms with Crippen molar-refractivity contribution in [1.29, 1.82) is 0 Å². The van der Waals surface area contributed by atoms with Crippen LogP contribution in [0.4, 0.5) is 5.69 Å². The van der Waals surface area contributed by atoms with Gasteiger partial charge in [0.2, 0.25) is 0 Å². The van der Waals surface area contributed by atoms with Crippen LogP contribution in [0.5, 0.6) is 0 Å². The molecule has 17 heavy (non-hydrogen) atoms. The molecule has 0 amide bonds. The molecule has 0 aliphatic heterocycles. The van der Waals surface area contributed by atoms with E-state index < -0.39 is 0 Å². The Kier molecular flexibility index (Phi) is 6.00. The van der Waals surface area contributed by atoms with Gasteiger partial charge in [-0.1, -0.05) is 11.6 Å². The van der Waals surface area contributed by atoms with E-state index >= 15 is 0 Å². The average Bonchev–Trinajstić information content (AvgIpc) is 2.34. The summed E-state index contributed by atoms with van der Waals surface area (Å²) in [7, 11) is 0. The minimum atomic E-state index is -0.260. The summed E-state index contributed by atoms with van der Waals surface area (Å²) in [6.45, 7) is 6.44. The Morgan fingerprint density at radius 1 is 1.53 bits per heavy atom. The molecule has 1 heterocycles. The van der Waals surface area contributed by atoms with E-state index in [4.69, 9.17) is 16.3 Å². The summed E-state index contributed by atoms with van der Waals surface area (Å²) in [6.07, 6.45) is 2.44. The lowest BCUT2D eigenvalue weighted by molar-refractivity contribution is 0.147. The number of ether oxygens (including phenoxy) is 1. The van der Waals surface area contributed by atoms with Gasteiger partial charge in [-0.3, -0.25) is 4.79 Å². The van der Waals surface area contributed by atoms with Gasteiger partial charge in [0.1, 0.15) is 5.02 Å². The van der Waals surface area contributed by atoms with E-state index in [-0.39, 0.29) is 10.6 Å². The monoisotopic (exact) mass is 259 g/mol. The van der Waals surface area contributed by atoms with E-state index in [1.54, 1.807) is 6.20 Å². The van der Waals surface area contributed by atoms with Crippen molar-refractivity contribution in [1.82, 2.24) is 9.78 Å². The fourth-order valence-corrected chi connectivity index (χ4v) is 1.57. The van der Waals surface area contributed by atoms with E-state index in [1.807, 2.05) is 13.8 Å². The van der Waals surface area contributed by atoms with Crippen LogP contribution in [0.25, 0.3) is 0 Å². The third-order valence-corrected chi connectivity index (χ3v) is 2.63. The van der Waals surface area contributed by atoms with Crippen molar-refractivity contribution in [2.24, 2.45) is 0 Å². The molecule has 0 unspecified atom stereocenters. The Balaban J connectivity index is 2.55. The van der Waals surface area contributed by atoms with Crippen molar-refractivity contribution in [2.75, 3.05) is 25.1 Å². The molecule has 1 rings (SSSR count). The van der Waals surface area contributed by atoms with Crippen LogP contribution in [0.1, 0.15) is 20.3 Å². The Hall–Kier alpha value is -1.07. The zero-order chi connectivity index (χ0) is 12.7. The van der Waals surface area contributed by atoms with Crippen molar-refractivity contribution in [3.8, 4) is 0 Å². The Labute approximate surface area is 106 Å². The molecule has 6 heteroatoms. The Morgan fingerprint density at radius 2 is 2.29 bits per heavy atom. The van der Waals surface area contributed by atoms with Gasteiger partial charge in [-0.15, -0.1) is 0 Å². The molecule has 96 valence electrons. The van der Waals surface area contributed by atoms with Crippen LogP contribution in [0.15, 0.2) is 11.0 Å². The number of halogens is 1. The SMILES string of the molecule is CCOCCCNc1cnn(CC)c(=O)c1Cl. The van der Waals surface area contributed by atoms with E-state index in [9.17, 15) is 4.79 Å². The first kappa shape index (κ1) is 14.0. The molecule has 5 nitrogen and oxygen atoms in total. The fourth-order valence-electron chi connectivity index (χ4n) is 1.36. The molecule has 0 saturated heterocycles. The predicted octanol–water partition coefficient (Wildman–Crippen LogP) is 1.76. The standard InChI is InChI=1S/C11H18ClN3O2/c1-3-15-11(16)10(12)9(8-14-15)13-6-5-7-17-4-2/h8,13H,3-7H2,1-2H3. The van der Waals surface area contributed by atoms with E-state index in [2.05, 4.69) is 10.4 Å². The van der Waals surface area contributed by atoms with Crippen molar-refractivity contribution >= 4 is 17.3 Å². The third-order valence-electron chi connectivity index (χ3n) is 2.27. The number of nitrogens with zero attached hydrogens (tertiary/aromatic N) is 2. The summed E-state index contributed by atoms with van der Waals surface area (Å²) in [5.74, 6) is 0. The molecule has 1 aromatic rings. The summed E-state index contributed by atoms with van der Waals surface area (Å²) < 4.78 is 6.53. The molecule has 0 atom stereocenters. The number of anilines is 1. The zero-order valence-electron chi connectivity index (χ0n) is 10.2. The maximum atomic E-state index is 11.7. The Morgan fingerprint density at radius 3 is 2.94 bits per heavy atom. The first-order valence-corrected chi connectivity index (χ1v) is 6.15. The lowest BCUT2D eigenvalue weighted by atomic mass is 10.4. The van der Waals surface area contributed by atoms with Gasteiger partial charge in [-0.05, 0) is 20.3 Å².